The highest BCUT2D eigenvalue weighted by molar-refractivity contribution is 4.83. The van der Waals surface area contributed by atoms with Gasteiger partial charge in [-0.2, -0.15) is 0 Å². The Morgan fingerprint density at radius 2 is 1.94 bits per heavy atom. The molecule has 0 aromatic rings. The Bertz CT molecular complexity index is 213. The van der Waals surface area contributed by atoms with Crippen LogP contribution in [0.1, 0.15) is 52.9 Å². The van der Waals surface area contributed by atoms with Crippen LogP contribution in [0.5, 0.6) is 0 Å². The molecule has 1 heterocycles. The van der Waals surface area contributed by atoms with Gasteiger partial charge in [0.15, 0.2) is 0 Å². The molecular weight excluding hydrogens is 198 g/mol. The van der Waals surface area contributed by atoms with Crippen molar-refractivity contribution in [1.29, 1.82) is 0 Å². The highest BCUT2D eigenvalue weighted by Gasteiger charge is 2.28. The number of ether oxygens (including phenoxy) is 1. The number of hydrogen-bond acceptors (Lipinski definition) is 2. The first-order valence-corrected chi connectivity index (χ1v) is 7.04. The summed E-state index contributed by atoms with van der Waals surface area (Å²) in [6.07, 6.45) is 7.59. The van der Waals surface area contributed by atoms with Gasteiger partial charge in [0, 0.05) is 6.04 Å². The second kappa shape index (κ2) is 5.50. The van der Waals surface area contributed by atoms with Gasteiger partial charge in [-0.1, -0.05) is 13.8 Å². The van der Waals surface area contributed by atoms with Gasteiger partial charge in [-0.3, -0.25) is 0 Å². The van der Waals surface area contributed by atoms with Gasteiger partial charge in [0.25, 0.3) is 0 Å². The first kappa shape index (κ1) is 12.4. The molecule has 2 rings (SSSR count). The zero-order chi connectivity index (χ0) is 11.5. The van der Waals surface area contributed by atoms with Crippen LogP contribution in [0.2, 0.25) is 0 Å². The fourth-order valence-electron chi connectivity index (χ4n) is 2.59. The molecule has 3 atom stereocenters. The zero-order valence-corrected chi connectivity index (χ0v) is 11.0. The quantitative estimate of drug-likeness (QED) is 0.750. The summed E-state index contributed by atoms with van der Waals surface area (Å²) < 4.78 is 5.94. The van der Waals surface area contributed by atoms with E-state index in [-0.39, 0.29) is 0 Å². The number of nitrogens with one attached hydrogen (secondary N) is 1. The van der Waals surface area contributed by atoms with Gasteiger partial charge in [0.2, 0.25) is 0 Å². The van der Waals surface area contributed by atoms with Gasteiger partial charge in [-0.15, -0.1) is 0 Å². The van der Waals surface area contributed by atoms with E-state index in [2.05, 4.69) is 26.1 Å². The molecule has 2 fully saturated rings. The summed E-state index contributed by atoms with van der Waals surface area (Å²) in [4.78, 5) is 0. The lowest BCUT2D eigenvalue weighted by Gasteiger charge is -2.24. The average molecular weight is 225 g/mol. The molecule has 0 aromatic carbocycles. The van der Waals surface area contributed by atoms with Crippen molar-refractivity contribution in [2.45, 2.75) is 71.1 Å². The van der Waals surface area contributed by atoms with E-state index in [0.29, 0.717) is 12.2 Å². The molecule has 3 unspecified atom stereocenters. The third-order valence-electron chi connectivity index (χ3n) is 4.07. The van der Waals surface area contributed by atoms with Crippen molar-refractivity contribution in [3.63, 3.8) is 0 Å². The summed E-state index contributed by atoms with van der Waals surface area (Å²) in [5.74, 6) is 1.56. The predicted octanol–water partition coefficient (Wildman–Crippen LogP) is 2.97. The zero-order valence-electron chi connectivity index (χ0n) is 11.0. The third-order valence-corrected chi connectivity index (χ3v) is 4.07. The first-order chi connectivity index (χ1) is 7.65. The van der Waals surface area contributed by atoms with Gasteiger partial charge in [0.1, 0.15) is 0 Å². The van der Waals surface area contributed by atoms with E-state index in [1.165, 1.54) is 38.6 Å². The highest BCUT2D eigenvalue weighted by atomic mass is 16.5. The lowest BCUT2D eigenvalue weighted by Crippen LogP contribution is -2.30. The minimum Gasteiger partial charge on any atom is -0.375 e. The molecule has 1 N–H and O–H groups in total. The van der Waals surface area contributed by atoms with Gasteiger partial charge >= 0.3 is 0 Å². The normalized spacial score (nSPS) is 32.2. The number of rotatable bonds is 6. The van der Waals surface area contributed by atoms with Crippen LogP contribution in [0.25, 0.3) is 0 Å². The van der Waals surface area contributed by atoms with Crippen molar-refractivity contribution in [1.82, 2.24) is 5.32 Å². The van der Waals surface area contributed by atoms with E-state index in [1.807, 2.05) is 0 Å². The number of hydrogen-bond donors (Lipinski definition) is 1. The van der Waals surface area contributed by atoms with Gasteiger partial charge in [0.05, 0.1) is 12.2 Å². The SMILES string of the molecule is CC1CCC(CC(CNC2CC2)C(C)C)O1. The topological polar surface area (TPSA) is 21.3 Å². The van der Waals surface area contributed by atoms with Crippen LogP contribution in [0.3, 0.4) is 0 Å². The Morgan fingerprint density at radius 1 is 1.19 bits per heavy atom. The van der Waals surface area contributed by atoms with E-state index in [0.717, 1.165) is 17.9 Å². The molecule has 1 saturated carbocycles. The first-order valence-electron chi connectivity index (χ1n) is 7.04. The molecule has 0 amide bonds. The molecule has 0 aromatic heterocycles. The van der Waals surface area contributed by atoms with E-state index in [1.54, 1.807) is 0 Å². The Morgan fingerprint density at radius 3 is 2.44 bits per heavy atom. The van der Waals surface area contributed by atoms with Crippen LogP contribution < -0.4 is 5.32 Å². The van der Waals surface area contributed by atoms with E-state index < -0.39 is 0 Å². The Labute approximate surface area is 100 Å². The van der Waals surface area contributed by atoms with Gasteiger partial charge in [-0.25, -0.2) is 0 Å². The fraction of sp³-hybridized carbons (Fsp3) is 1.00. The maximum atomic E-state index is 5.94. The molecule has 94 valence electrons. The van der Waals surface area contributed by atoms with Gasteiger partial charge in [-0.05, 0) is 57.4 Å². The second-order valence-corrected chi connectivity index (χ2v) is 6.07. The Hall–Kier alpha value is -0.0800. The molecule has 1 aliphatic heterocycles. The van der Waals surface area contributed by atoms with Crippen LogP contribution in [-0.4, -0.2) is 24.8 Å². The van der Waals surface area contributed by atoms with Crippen LogP contribution in [0.4, 0.5) is 0 Å². The minimum absolute atomic E-state index is 0.495. The van der Waals surface area contributed by atoms with E-state index in [4.69, 9.17) is 4.74 Å². The molecule has 2 heteroatoms. The molecule has 16 heavy (non-hydrogen) atoms. The van der Waals surface area contributed by atoms with Crippen LogP contribution in [0.15, 0.2) is 0 Å². The third kappa shape index (κ3) is 3.74. The molecule has 0 bridgehead atoms. The fourth-order valence-corrected chi connectivity index (χ4v) is 2.59. The molecule has 2 nitrogen and oxygen atoms in total. The molecule has 1 aliphatic carbocycles. The van der Waals surface area contributed by atoms with Gasteiger partial charge < -0.3 is 10.1 Å². The lowest BCUT2D eigenvalue weighted by atomic mass is 9.89. The maximum Gasteiger partial charge on any atom is 0.0583 e. The second-order valence-electron chi connectivity index (χ2n) is 6.07. The Balaban J connectivity index is 1.72. The standard InChI is InChI=1S/C14H27NO/c1-10(2)12(9-15-13-5-6-13)8-14-7-4-11(3)16-14/h10-15H,4-9H2,1-3H3. The van der Waals surface area contributed by atoms with Crippen molar-refractivity contribution in [2.75, 3.05) is 6.54 Å². The van der Waals surface area contributed by atoms with Crippen LogP contribution in [0, 0.1) is 11.8 Å². The summed E-state index contributed by atoms with van der Waals surface area (Å²) in [6, 6.07) is 0.838. The van der Waals surface area contributed by atoms with E-state index in [9.17, 15) is 0 Å². The van der Waals surface area contributed by atoms with Crippen molar-refractivity contribution in [3.8, 4) is 0 Å². The lowest BCUT2D eigenvalue weighted by molar-refractivity contribution is 0.0360. The van der Waals surface area contributed by atoms with Crippen molar-refractivity contribution in [3.05, 3.63) is 0 Å². The summed E-state index contributed by atoms with van der Waals surface area (Å²) in [6.45, 7) is 8.08. The summed E-state index contributed by atoms with van der Waals surface area (Å²) >= 11 is 0. The molecular formula is C14H27NO. The van der Waals surface area contributed by atoms with Crippen LogP contribution in [-0.2, 0) is 4.74 Å². The van der Waals surface area contributed by atoms with Crippen molar-refractivity contribution < 1.29 is 4.74 Å². The average Bonchev–Trinajstić information content (AvgIpc) is 2.96. The van der Waals surface area contributed by atoms with Crippen molar-refractivity contribution in [2.24, 2.45) is 11.8 Å². The summed E-state index contributed by atoms with van der Waals surface area (Å²) in [5, 5.41) is 3.67. The monoisotopic (exact) mass is 225 g/mol. The summed E-state index contributed by atoms with van der Waals surface area (Å²) in [5.41, 5.74) is 0. The minimum atomic E-state index is 0.495. The highest BCUT2D eigenvalue weighted by Crippen LogP contribution is 2.28. The maximum absolute atomic E-state index is 5.94. The van der Waals surface area contributed by atoms with Crippen molar-refractivity contribution >= 4 is 0 Å². The van der Waals surface area contributed by atoms with Crippen LogP contribution >= 0.6 is 0 Å². The smallest absolute Gasteiger partial charge is 0.0583 e. The molecule has 0 radical (unpaired) electrons. The molecule has 2 aliphatic rings. The predicted molar refractivity (Wildman–Crippen MR) is 67.5 cm³/mol. The van der Waals surface area contributed by atoms with E-state index >= 15 is 0 Å². The molecule has 0 spiro atoms. The molecule has 1 saturated heterocycles. The summed E-state index contributed by atoms with van der Waals surface area (Å²) in [7, 11) is 0. The largest absolute Gasteiger partial charge is 0.375 e. The Kier molecular flexibility index (Phi) is 4.26.